The third-order valence-electron chi connectivity index (χ3n) is 2.48. The molecule has 0 rings (SSSR count). The van der Waals surface area contributed by atoms with Gasteiger partial charge < -0.3 is 24.9 Å². The van der Waals surface area contributed by atoms with Gasteiger partial charge in [0.15, 0.2) is 12.6 Å². The summed E-state index contributed by atoms with van der Waals surface area (Å²) >= 11 is 0. The van der Waals surface area contributed by atoms with Gasteiger partial charge in [0.1, 0.15) is 12.1 Å². The lowest BCUT2D eigenvalue weighted by atomic mass is 10.1. The van der Waals surface area contributed by atoms with E-state index in [0.717, 1.165) is 0 Å². The first-order valence-corrected chi connectivity index (χ1v) is 5.98. The summed E-state index contributed by atoms with van der Waals surface area (Å²) < 4.78 is 14.2. The van der Waals surface area contributed by atoms with E-state index in [2.05, 4.69) is 10.1 Å². The van der Waals surface area contributed by atoms with Crippen LogP contribution in [0.15, 0.2) is 0 Å². The van der Waals surface area contributed by atoms with Crippen LogP contribution in [0.4, 0.5) is 0 Å². The minimum absolute atomic E-state index is 0.0406. The van der Waals surface area contributed by atoms with Gasteiger partial charge in [0.2, 0.25) is 5.91 Å². The fourth-order valence-electron chi connectivity index (χ4n) is 1.22. The maximum Gasteiger partial charge on any atom is 0.330 e. The number of amides is 1. The van der Waals surface area contributed by atoms with Crippen molar-refractivity contribution in [1.82, 2.24) is 5.32 Å². The van der Waals surface area contributed by atoms with E-state index in [1.54, 1.807) is 0 Å². The number of ketones is 1. The van der Waals surface area contributed by atoms with Gasteiger partial charge in [0.25, 0.3) is 0 Å². The van der Waals surface area contributed by atoms with Gasteiger partial charge in [0.05, 0.1) is 6.21 Å². The highest BCUT2D eigenvalue weighted by Crippen LogP contribution is 2.02. The predicted octanol–water partition coefficient (Wildman–Crippen LogP) is -0.348. The second kappa shape index (κ2) is 10.0. The fourth-order valence-corrected chi connectivity index (χ4v) is 1.22. The number of carbonyl (C=O) groups excluding carboxylic acids is 3. The molecule has 20 heavy (non-hydrogen) atoms. The van der Waals surface area contributed by atoms with E-state index in [1.165, 1.54) is 21.1 Å². The van der Waals surface area contributed by atoms with Crippen LogP contribution in [0.25, 0.3) is 0 Å². The van der Waals surface area contributed by atoms with Crippen LogP contribution in [0.5, 0.6) is 0 Å². The number of methoxy groups -OCH3 is 2. The fraction of sp³-hybridized carbons (Fsp3) is 0.667. The summed E-state index contributed by atoms with van der Waals surface area (Å²) in [4.78, 5) is 34.5. The first kappa shape index (κ1) is 18.2. The zero-order valence-electron chi connectivity index (χ0n) is 11.8. The van der Waals surface area contributed by atoms with Gasteiger partial charge >= 0.3 is 5.97 Å². The molecule has 2 atom stereocenters. The monoisotopic (exact) mass is 288 g/mol. The van der Waals surface area contributed by atoms with Crippen LogP contribution in [0.3, 0.4) is 0 Å². The lowest BCUT2D eigenvalue weighted by molar-refractivity contribution is -0.158. The average Bonchev–Trinajstić information content (AvgIpc) is 2.47. The smallest absolute Gasteiger partial charge is 0.330 e. The second-order valence-corrected chi connectivity index (χ2v) is 3.96. The van der Waals surface area contributed by atoms with E-state index in [-0.39, 0.29) is 19.6 Å². The van der Waals surface area contributed by atoms with Crippen molar-refractivity contribution in [2.45, 2.75) is 31.9 Å². The summed E-state index contributed by atoms with van der Waals surface area (Å²) in [5.41, 5.74) is 0. The predicted molar refractivity (Wildman–Crippen MR) is 69.4 cm³/mol. The first-order valence-electron chi connectivity index (χ1n) is 5.98. The van der Waals surface area contributed by atoms with E-state index >= 15 is 0 Å². The van der Waals surface area contributed by atoms with Crippen molar-refractivity contribution in [3.63, 3.8) is 0 Å². The minimum Gasteiger partial charge on any atom is -0.437 e. The number of Topliss-reactive ketones (excluding diaryl/α,β-unsaturated/α-hetero) is 1. The Kier molecular flexibility index (Phi) is 9.14. The Balaban J connectivity index is 4.60. The molecule has 0 aromatic rings. The zero-order chi connectivity index (χ0) is 15.5. The van der Waals surface area contributed by atoms with Crippen LogP contribution < -0.4 is 5.32 Å². The number of esters is 1. The molecule has 0 aliphatic heterocycles. The molecule has 8 heteroatoms. The molecule has 114 valence electrons. The number of hydrogen-bond acceptors (Lipinski definition) is 7. The highest BCUT2D eigenvalue weighted by Gasteiger charge is 2.25. The summed E-state index contributed by atoms with van der Waals surface area (Å²) in [5.74, 6) is -1.64. The van der Waals surface area contributed by atoms with Crippen molar-refractivity contribution in [1.29, 1.82) is 5.41 Å². The molecular formula is C12H20N2O6. The van der Waals surface area contributed by atoms with Crippen LogP contribution >= 0.6 is 0 Å². The molecule has 8 nitrogen and oxygen atoms in total. The molecule has 0 spiro atoms. The minimum atomic E-state index is -0.987. The van der Waals surface area contributed by atoms with E-state index < -0.39 is 29.8 Å². The number of nitrogens with one attached hydrogen (secondary N) is 2. The lowest BCUT2D eigenvalue weighted by Crippen LogP contribution is -2.46. The van der Waals surface area contributed by atoms with E-state index in [4.69, 9.17) is 14.9 Å². The third-order valence-corrected chi connectivity index (χ3v) is 2.48. The van der Waals surface area contributed by atoms with Crippen LogP contribution in [-0.4, -0.2) is 57.0 Å². The van der Waals surface area contributed by atoms with Crippen LogP contribution in [-0.2, 0) is 28.6 Å². The number of rotatable bonds is 10. The molecule has 0 saturated heterocycles. The van der Waals surface area contributed by atoms with Gasteiger partial charge in [-0.05, 0) is 13.3 Å². The Labute approximate surface area is 117 Å². The molecular weight excluding hydrogens is 268 g/mol. The number of carbonyl (C=O) groups is 3. The Morgan fingerprint density at radius 2 is 1.95 bits per heavy atom. The van der Waals surface area contributed by atoms with Crippen LogP contribution in [0.2, 0.25) is 0 Å². The number of ether oxygens (including phenoxy) is 3. The molecule has 0 aromatic heterocycles. The summed E-state index contributed by atoms with van der Waals surface area (Å²) in [5, 5.41) is 9.23. The maximum atomic E-state index is 11.7. The normalized spacial score (nSPS) is 13.2. The summed E-state index contributed by atoms with van der Waals surface area (Å²) in [6.07, 6.45) is -0.0697. The summed E-state index contributed by atoms with van der Waals surface area (Å²) in [7, 11) is 2.72. The van der Waals surface area contributed by atoms with E-state index in [1.807, 2.05) is 0 Å². The quantitative estimate of drug-likeness (QED) is 0.322. The summed E-state index contributed by atoms with van der Waals surface area (Å²) in [6.45, 7) is 1.28. The highest BCUT2D eigenvalue weighted by molar-refractivity contribution is 6.26. The molecule has 0 aliphatic rings. The second-order valence-electron chi connectivity index (χ2n) is 3.96. The standard InChI is InChI=1S/C12H20N2O6/c1-8(19-3)11(16)14-10(5-4-9(15)6-13)12(17)20-7-18-2/h6,8,10,13H,4-5,7H2,1-3H3,(H,14,16)/t8-,10-/m0/s1. The molecule has 0 heterocycles. The van der Waals surface area contributed by atoms with Gasteiger partial charge in [-0.15, -0.1) is 0 Å². The average molecular weight is 288 g/mol. The van der Waals surface area contributed by atoms with Gasteiger partial charge in [0, 0.05) is 20.6 Å². The van der Waals surface area contributed by atoms with Crippen molar-refractivity contribution >= 4 is 23.9 Å². The topological polar surface area (TPSA) is 115 Å². The summed E-state index contributed by atoms with van der Waals surface area (Å²) in [6, 6.07) is -0.987. The van der Waals surface area contributed by atoms with Crippen molar-refractivity contribution < 1.29 is 28.6 Å². The maximum absolute atomic E-state index is 11.7. The zero-order valence-corrected chi connectivity index (χ0v) is 11.8. The van der Waals surface area contributed by atoms with Crippen molar-refractivity contribution in [3.05, 3.63) is 0 Å². The van der Waals surface area contributed by atoms with Gasteiger partial charge in [-0.25, -0.2) is 4.79 Å². The first-order chi connectivity index (χ1) is 9.46. The molecule has 1 amide bonds. The SMILES string of the molecule is COCOC(=O)[C@H](CCC(=O)C=N)NC(=O)[C@H](C)OC. The van der Waals surface area contributed by atoms with Gasteiger partial charge in [-0.3, -0.25) is 9.59 Å². The molecule has 0 saturated carbocycles. The van der Waals surface area contributed by atoms with E-state index in [9.17, 15) is 14.4 Å². The molecule has 0 aliphatic carbocycles. The third kappa shape index (κ3) is 6.95. The molecule has 0 aromatic carbocycles. The van der Waals surface area contributed by atoms with Gasteiger partial charge in [-0.2, -0.15) is 0 Å². The Morgan fingerprint density at radius 3 is 2.45 bits per heavy atom. The Hall–Kier alpha value is -1.80. The molecule has 0 bridgehead atoms. The van der Waals surface area contributed by atoms with E-state index in [0.29, 0.717) is 6.21 Å². The molecule has 0 radical (unpaired) electrons. The van der Waals surface area contributed by atoms with Crippen molar-refractivity contribution in [2.24, 2.45) is 0 Å². The largest absolute Gasteiger partial charge is 0.437 e. The highest BCUT2D eigenvalue weighted by atomic mass is 16.7. The molecule has 2 N–H and O–H groups in total. The van der Waals surface area contributed by atoms with Crippen LogP contribution in [0.1, 0.15) is 19.8 Å². The van der Waals surface area contributed by atoms with Crippen molar-refractivity contribution in [3.8, 4) is 0 Å². The Morgan fingerprint density at radius 1 is 1.30 bits per heavy atom. The van der Waals surface area contributed by atoms with Gasteiger partial charge in [-0.1, -0.05) is 0 Å². The van der Waals surface area contributed by atoms with Crippen LogP contribution in [0, 0.1) is 5.41 Å². The number of hydrogen-bond donors (Lipinski definition) is 2. The molecule has 0 unspecified atom stereocenters. The Bertz CT molecular complexity index is 358. The lowest BCUT2D eigenvalue weighted by Gasteiger charge is -2.18. The molecule has 0 fully saturated rings. The van der Waals surface area contributed by atoms with Crippen molar-refractivity contribution in [2.75, 3.05) is 21.0 Å².